The van der Waals surface area contributed by atoms with Gasteiger partial charge in [-0.25, -0.2) is 13.4 Å². The van der Waals surface area contributed by atoms with Crippen LogP contribution in [0.4, 0.5) is 5.82 Å². The Morgan fingerprint density at radius 3 is 2.56 bits per heavy atom. The molecule has 0 spiro atoms. The maximum Gasteiger partial charge on any atom is 0.264 e. The molecule has 2 aromatic heterocycles. The fourth-order valence-corrected chi connectivity index (χ4v) is 2.26. The van der Waals surface area contributed by atoms with Crippen molar-refractivity contribution in [2.24, 2.45) is 5.73 Å². The van der Waals surface area contributed by atoms with Crippen LogP contribution in [0.3, 0.4) is 0 Å². The highest BCUT2D eigenvalue weighted by atomic mass is 32.2. The maximum atomic E-state index is 12.0. The molecule has 3 N–H and O–H groups in total. The average Bonchev–Trinajstić information content (AvgIpc) is 2.39. The zero-order chi connectivity index (χ0) is 13.0. The van der Waals surface area contributed by atoms with Gasteiger partial charge in [-0.3, -0.25) is 9.71 Å². The molecule has 0 saturated heterocycles. The molecule has 0 amide bonds. The fraction of sp³-hybridized carbons (Fsp3) is 0.0909. The van der Waals surface area contributed by atoms with Crippen LogP contribution in [0.5, 0.6) is 0 Å². The molecule has 0 unspecified atom stereocenters. The normalized spacial score (nSPS) is 11.2. The Bertz CT molecular complexity index is 611. The number of nitrogens with two attached hydrogens (primary N) is 1. The summed E-state index contributed by atoms with van der Waals surface area (Å²) in [5.41, 5.74) is 6.03. The third-order valence-electron chi connectivity index (χ3n) is 2.22. The molecule has 0 radical (unpaired) electrons. The molecule has 0 atom stereocenters. The van der Waals surface area contributed by atoms with Crippen LogP contribution in [0.2, 0.25) is 0 Å². The van der Waals surface area contributed by atoms with Crippen LogP contribution in [0.15, 0.2) is 47.6 Å². The van der Waals surface area contributed by atoms with E-state index in [2.05, 4.69) is 14.7 Å². The van der Waals surface area contributed by atoms with Gasteiger partial charge < -0.3 is 5.73 Å². The molecule has 0 fully saturated rings. The van der Waals surface area contributed by atoms with Crippen LogP contribution in [0.25, 0.3) is 0 Å². The predicted octanol–water partition coefficient (Wildman–Crippen LogP) is 0.736. The van der Waals surface area contributed by atoms with Crippen LogP contribution in [0, 0.1) is 0 Å². The number of anilines is 1. The Kier molecular flexibility index (Phi) is 3.54. The topological polar surface area (TPSA) is 98.0 Å². The Morgan fingerprint density at radius 1 is 1.17 bits per heavy atom. The van der Waals surface area contributed by atoms with E-state index in [-0.39, 0.29) is 17.3 Å². The van der Waals surface area contributed by atoms with E-state index in [1.807, 2.05) is 0 Å². The average molecular weight is 264 g/mol. The summed E-state index contributed by atoms with van der Waals surface area (Å²) in [5.74, 6) is 0.264. The Balaban J connectivity index is 2.25. The van der Waals surface area contributed by atoms with Gasteiger partial charge in [0.05, 0.1) is 5.69 Å². The lowest BCUT2D eigenvalue weighted by Gasteiger charge is -2.06. The van der Waals surface area contributed by atoms with Gasteiger partial charge in [0.1, 0.15) is 10.7 Å². The third kappa shape index (κ3) is 2.82. The van der Waals surface area contributed by atoms with E-state index >= 15 is 0 Å². The largest absolute Gasteiger partial charge is 0.325 e. The van der Waals surface area contributed by atoms with E-state index in [0.29, 0.717) is 5.69 Å². The number of pyridine rings is 2. The second kappa shape index (κ2) is 5.11. The van der Waals surface area contributed by atoms with Gasteiger partial charge in [0.2, 0.25) is 0 Å². The highest BCUT2D eigenvalue weighted by Crippen LogP contribution is 2.12. The van der Waals surface area contributed by atoms with Gasteiger partial charge in [0.15, 0.2) is 0 Å². The van der Waals surface area contributed by atoms with Gasteiger partial charge >= 0.3 is 0 Å². The number of nitrogens with zero attached hydrogens (tertiary/aromatic N) is 2. The first-order valence-corrected chi connectivity index (χ1v) is 6.69. The maximum absolute atomic E-state index is 12.0. The Hall–Kier alpha value is -1.99. The molecule has 18 heavy (non-hydrogen) atoms. The van der Waals surface area contributed by atoms with Gasteiger partial charge in [0.25, 0.3) is 10.0 Å². The summed E-state index contributed by atoms with van der Waals surface area (Å²) < 4.78 is 26.3. The van der Waals surface area contributed by atoms with E-state index in [9.17, 15) is 8.42 Å². The molecule has 0 aliphatic heterocycles. The second-order valence-corrected chi connectivity index (χ2v) is 5.19. The van der Waals surface area contributed by atoms with Crippen molar-refractivity contribution in [3.63, 3.8) is 0 Å². The van der Waals surface area contributed by atoms with Gasteiger partial charge in [-0.2, -0.15) is 0 Å². The quantitative estimate of drug-likeness (QED) is 0.848. The van der Waals surface area contributed by atoms with Crippen LogP contribution < -0.4 is 10.5 Å². The van der Waals surface area contributed by atoms with Gasteiger partial charge in [0, 0.05) is 18.9 Å². The first kappa shape index (κ1) is 12.5. The molecule has 0 bridgehead atoms. The van der Waals surface area contributed by atoms with Crippen molar-refractivity contribution in [2.45, 2.75) is 11.4 Å². The molecule has 0 saturated carbocycles. The van der Waals surface area contributed by atoms with Gasteiger partial charge in [-0.15, -0.1) is 0 Å². The highest BCUT2D eigenvalue weighted by Gasteiger charge is 2.14. The molecular weight excluding hydrogens is 252 g/mol. The first-order chi connectivity index (χ1) is 8.62. The second-order valence-electron chi connectivity index (χ2n) is 3.51. The molecular formula is C11H12N4O2S. The SMILES string of the molecule is NCc1ccc(S(=O)(=O)Nc2ccccn2)cn1. The monoisotopic (exact) mass is 264 g/mol. The number of hydrogen-bond donors (Lipinski definition) is 2. The number of sulfonamides is 1. The minimum absolute atomic E-state index is 0.0744. The smallest absolute Gasteiger partial charge is 0.264 e. The number of aromatic nitrogens is 2. The lowest BCUT2D eigenvalue weighted by Crippen LogP contribution is -2.14. The third-order valence-corrected chi connectivity index (χ3v) is 3.56. The van der Waals surface area contributed by atoms with Crippen molar-refractivity contribution in [2.75, 3.05) is 4.72 Å². The number of hydrogen-bond acceptors (Lipinski definition) is 5. The molecule has 94 valence electrons. The van der Waals surface area contributed by atoms with Crippen molar-refractivity contribution < 1.29 is 8.42 Å². The minimum atomic E-state index is -3.65. The van der Waals surface area contributed by atoms with Gasteiger partial charge in [-0.1, -0.05) is 6.07 Å². The predicted molar refractivity (Wildman–Crippen MR) is 67.2 cm³/mol. The van der Waals surface area contributed by atoms with Crippen molar-refractivity contribution in [3.05, 3.63) is 48.4 Å². The van der Waals surface area contributed by atoms with E-state index in [0.717, 1.165) is 0 Å². The van der Waals surface area contributed by atoms with Crippen molar-refractivity contribution in [1.82, 2.24) is 9.97 Å². The molecule has 2 heterocycles. The summed E-state index contributed by atoms with van der Waals surface area (Å²) in [7, 11) is -3.65. The molecule has 0 aliphatic carbocycles. The van der Waals surface area contributed by atoms with Crippen molar-refractivity contribution >= 4 is 15.8 Å². The molecule has 0 aliphatic rings. The van der Waals surface area contributed by atoms with E-state index in [1.165, 1.54) is 18.5 Å². The highest BCUT2D eigenvalue weighted by molar-refractivity contribution is 7.92. The Labute approximate surface area is 105 Å². The first-order valence-electron chi connectivity index (χ1n) is 5.21. The van der Waals surface area contributed by atoms with Crippen molar-refractivity contribution in [3.8, 4) is 0 Å². The lowest BCUT2D eigenvalue weighted by atomic mass is 10.4. The molecule has 0 aromatic carbocycles. The number of nitrogens with one attached hydrogen (secondary N) is 1. The zero-order valence-corrected chi connectivity index (χ0v) is 10.3. The summed E-state index contributed by atoms with van der Waals surface area (Å²) in [6, 6.07) is 8.00. The van der Waals surface area contributed by atoms with Crippen LogP contribution in [-0.4, -0.2) is 18.4 Å². The molecule has 6 nitrogen and oxygen atoms in total. The fourth-order valence-electron chi connectivity index (χ4n) is 1.31. The standard InChI is InChI=1S/C11H12N4O2S/c12-7-9-4-5-10(8-14-9)18(16,17)15-11-3-1-2-6-13-11/h1-6,8H,7,12H2,(H,13,15). The lowest BCUT2D eigenvalue weighted by molar-refractivity contribution is 0.600. The minimum Gasteiger partial charge on any atom is -0.325 e. The summed E-state index contributed by atoms with van der Waals surface area (Å²) >= 11 is 0. The van der Waals surface area contributed by atoms with Crippen LogP contribution >= 0.6 is 0 Å². The Morgan fingerprint density at radius 2 is 2.00 bits per heavy atom. The van der Waals surface area contributed by atoms with E-state index in [1.54, 1.807) is 24.3 Å². The van der Waals surface area contributed by atoms with Crippen molar-refractivity contribution in [1.29, 1.82) is 0 Å². The van der Waals surface area contributed by atoms with E-state index in [4.69, 9.17) is 5.73 Å². The summed E-state index contributed by atoms with van der Waals surface area (Å²) in [5, 5.41) is 0. The summed E-state index contributed by atoms with van der Waals surface area (Å²) in [4.78, 5) is 7.91. The number of rotatable bonds is 4. The molecule has 7 heteroatoms. The summed E-state index contributed by atoms with van der Waals surface area (Å²) in [6.45, 7) is 0.272. The summed E-state index contributed by atoms with van der Waals surface area (Å²) in [6.07, 6.45) is 2.78. The zero-order valence-electron chi connectivity index (χ0n) is 9.45. The van der Waals surface area contributed by atoms with Gasteiger partial charge in [-0.05, 0) is 24.3 Å². The molecule has 2 aromatic rings. The van der Waals surface area contributed by atoms with Crippen LogP contribution in [0.1, 0.15) is 5.69 Å². The van der Waals surface area contributed by atoms with E-state index < -0.39 is 10.0 Å². The van der Waals surface area contributed by atoms with Crippen LogP contribution in [-0.2, 0) is 16.6 Å². The molecule has 2 rings (SSSR count).